The minimum atomic E-state index is -3.44. The maximum absolute atomic E-state index is 12.8. The molecule has 25 heavy (non-hydrogen) atoms. The Hall–Kier alpha value is -1.99. The Morgan fingerprint density at radius 1 is 1.28 bits per heavy atom. The van der Waals surface area contributed by atoms with Gasteiger partial charge < -0.3 is 0 Å². The normalized spacial score (nSPS) is 19.0. The number of sulfonamides is 1. The average Bonchev–Trinajstić information content (AvgIpc) is 2.59. The van der Waals surface area contributed by atoms with Crippen molar-refractivity contribution in [2.45, 2.75) is 38.0 Å². The van der Waals surface area contributed by atoms with Crippen LogP contribution in [0.25, 0.3) is 0 Å². The summed E-state index contributed by atoms with van der Waals surface area (Å²) in [6, 6.07) is 8.56. The highest BCUT2D eigenvalue weighted by atomic mass is 32.2. The summed E-state index contributed by atoms with van der Waals surface area (Å²) < 4.78 is 27.1. The average molecular weight is 361 g/mol. The highest BCUT2D eigenvalue weighted by Gasteiger charge is 2.28. The third-order valence-corrected chi connectivity index (χ3v) is 6.46. The molecule has 0 bridgehead atoms. The van der Waals surface area contributed by atoms with Crippen LogP contribution < -0.4 is 5.56 Å². The van der Waals surface area contributed by atoms with E-state index in [2.05, 4.69) is 17.1 Å². The van der Waals surface area contributed by atoms with Crippen LogP contribution in [0.15, 0.2) is 40.0 Å². The Balaban J connectivity index is 1.80. The summed E-state index contributed by atoms with van der Waals surface area (Å²) >= 11 is 0. The molecule has 1 aromatic heterocycles. The molecule has 1 aliphatic heterocycles. The number of benzene rings is 1. The first kappa shape index (κ1) is 17.8. The van der Waals surface area contributed by atoms with E-state index in [0.29, 0.717) is 35.9 Å². The first-order valence-corrected chi connectivity index (χ1v) is 9.94. The molecule has 1 aliphatic rings. The van der Waals surface area contributed by atoms with Crippen molar-refractivity contribution in [3.8, 4) is 0 Å². The Morgan fingerprint density at radius 2 is 2.00 bits per heavy atom. The van der Waals surface area contributed by atoms with Gasteiger partial charge in [0.1, 0.15) is 0 Å². The number of aromatic nitrogens is 2. The van der Waals surface area contributed by atoms with Gasteiger partial charge in [0.05, 0.1) is 10.6 Å². The second-order valence-corrected chi connectivity index (χ2v) is 8.73. The third-order valence-electron chi connectivity index (χ3n) is 4.58. The second kappa shape index (κ2) is 7.09. The smallest absolute Gasteiger partial charge is 0.267 e. The van der Waals surface area contributed by atoms with Crippen molar-refractivity contribution >= 4 is 10.0 Å². The molecule has 0 amide bonds. The van der Waals surface area contributed by atoms with Crippen molar-refractivity contribution in [3.63, 3.8) is 0 Å². The lowest BCUT2D eigenvalue weighted by Gasteiger charge is -2.30. The van der Waals surface area contributed by atoms with E-state index < -0.39 is 10.0 Å². The van der Waals surface area contributed by atoms with E-state index in [4.69, 9.17) is 0 Å². The van der Waals surface area contributed by atoms with Gasteiger partial charge in [0.25, 0.3) is 5.56 Å². The number of nitrogens with one attached hydrogen (secondary N) is 1. The van der Waals surface area contributed by atoms with Gasteiger partial charge in [0.15, 0.2) is 0 Å². The predicted octanol–water partition coefficient (Wildman–Crippen LogP) is 2.09. The second-order valence-electron chi connectivity index (χ2n) is 6.79. The third kappa shape index (κ3) is 3.99. The van der Waals surface area contributed by atoms with E-state index in [9.17, 15) is 13.2 Å². The molecule has 1 aromatic carbocycles. The van der Waals surface area contributed by atoms with E-state index in [-0.39, 0.29) is 5.56 Å². The highest BCUT2D eigenvalue weighted by Crippen LogP contribution is 2.23. The molecule has 3 rings (SSSR count). The van der Waals surface area contributed by atoms with Gasteiger partial charge in [0.2, 0.25) is 10.0 Å². The predicted molar refractivity (Wildman–Crippen MR) is 96.0 cm³/mol. The Labute approximate surface area is 147 Å². The van der Waals surface area contributed by atoms with Crippen molar-refractivity contribution in [2.24, 2.45) is 5.92 Å². The molecular weight excluding hydrogens is 338 g/mol. The van der Waals surface area contributed by atoms with Gasteiger partial charge in [-0.2, -0.15) is 9.40 Å². The van der Waals surface area contributed by atoms with Crippen molar-refractivity contribution < 1.29 is 8.42 Å². The zero-order valence-corrected chi connectivity index (χ0v) is 15.3. The number of piperidine rings is 1. The molecule has 1 N–H and O–H groups in total. The van der Waals surface area contributed by atoms with Crippen LogP contribution in [0.4, 0.5) is 0 Å². The van der Waals surface area contributed by atoms with Crippen LogP contribution in [-0.4, -0.2) is 36.0 Å². The molecule has 1 saturated heterocycles. The van der Waals surface area contributed by atoms with Crippen LogP contribution in [0, 0.1) is 12.8 Å². The molecule has 2 aromatic rings. The lowest BCUT2D eigenvalue weighted by Crippen LogP contribution is -2.39. The van der Waals surface area contributed by atoms with E-state index in [1.165, 1.54) is 0 Å². The number of hydrogen-bond acceptors (Lipinski definition) is 4. The number of hydrogen-bond donors (Lipinski definition) is 1. The van der Waals surface area contributed by atoms with Crippen LogP contribution in [0.2, 0.25) is 0 Å². The van der Waals surface area contributed by atoms with Crippen LogP contribution in [0.5, 0.6) is 0 Å². The van der Waals surface area contributed by atoms with Crippen molar-refractivity contribution in [2.75, 3.05) is 13.1 Å². The molecule has 0 aliphatic carbocycles. The highest BCUT2D eigenvalue weighted by molar-refractivity contribution is 7.89. The van der Waals surface area contributed by atoms with Gasteiger partial charge >= 0.3 is 0 Å². The summed E-state index contributed by atoms with van der Waals surface area (Å²) in [6.07, 6.45) is 2.42. The molecule has 6 nitrogen and oxygen atoms in total. The Kier molecular flexibility index (Phi) is 5.06. The molecule has 1 atom stereocenters. The van der Waals surface area contributed by atoms with Gasteiger partial charge in [-0.3, -0.25) is 4.79 Å². The van der Waals surface area contributed by atoms with Gasteiger partial charge in [-0.15, -0.1) is 0 Å². The standard InChI is InChI=1S/C18H23N3O3S/c1-13-4-3-9-21(12-13)25(23,24)17-7-5-15(6-8-17)11-16-10-14(2)19-20-18(16)22/h5-8,10,13H,3-4,9,11-12H2,1-2H3,(H,20,22). The van der Waals surface area contributed by atoms with E-state index in [1.54, 1.807) is 34.6 Å². The molecular formula is C18H23N3O3S. The Bertz CT molecular complexity index is 904. The van der Waals surface area contributed by atoms with Crippen LogP contribution in [0.1, 0.15) is 36.6 Å². The van der Waals surface area contributed by atoms with E-state index >= 15 is 0 Å². The van der Waals surface area contributed by atoms with Crippen LogP contribution in [-0.2, 0) is 16.4 Å². The fourth-order valence-electron chi connectivity index (χ4n) is 3.20. The lowest BCUT2D eigenvalue weighted by atomic mass is 10.0. The number of H-pyrrole nitrogens is 1. The van der Waals surface area contributed by atoms with Gasteiger partial charge in [0, 0.05) is 25.1 Å². The molecule has 0 radical (unpaired) electrons. The molecule has 134 valence electrons. The lowest BCUT2D eigenvalue weighted by molar-refractivity contribution is 0.281. The molecule has 0 saturated carbocycles. The molecule has 2 heterocycles. The van der Waals surface area contributed by atoms with Crippen molar-refractivity contribution in [1.82, 2.24) is 14.5 Å². The summed E-state index contributed by atoms with van der Waals surface area (Å²) in [6.45, 7) is 5.06. The molecule has 7 heteroatoms. The van der Waals surface area contributed by atoms with E-state index in [1.807, 2.05) is 6.92 Å². The van der Waals surface area contributed by atoms with Crippen LogP contribution >= 0.6 is 0 Å². The SMILES string of the molecule is Cc1cc(Cc2ccc(S(=O)(=O)N3CCCC(C)C3)cc2)c(=O)[nH]n1. The molecule has 0 spiro atoms. The Morgan fingerprint density at radius 3 is 2.68 bits per heavy atom. The monoisotopic (exact) mass is 361 g/mol. The van der Waals surface area contributed by atoms with Crippen molar-refractivity contribution in [3.05, 3.63) is 57.5 Å². The number of aromatic amines is 1. The van der Waals surface area contributed by atoms with Gasteiger partial charge in [-0.05, 0) is 49.4 Å². The molecule has 1 fully saturated rings. The van der Waals surface area contributed by atoms with Crippen LogP contribution in [0.3, 0.4) is 0 Å². The fraction of sp³-hybridized carbons (Fsp3) is 0.444. The number of rotatable bonds is 4. The number of nitrogens with zero attached hydrogens (tertiary/aromatic N) is 2. The zero-order valence-electron chi connectivity index (χ0n) is 14.5. The summed E-state index contributed by atoms with van der Waals surface area (Å²) in [5, 5.41) is 6.33. The van der Waals surface area contributed by atoms with E-state index in [0.717, 1.165) is 24.1 Å². The summed E-state index contributed by atoms with van der Waals surface area (Å²) in [5.41, 5.74) is 2.03. The fourth-order valence-corrected chi connectivity index (χ4v) is 4.80. The minimum Gasteiger partial charge on any atom is -0.268 e. The topological polar surface area (TPSA) is 83.1 Å². The maximum atomic E-state index is 12.8. The van der Waals surface area contributed by atoms with Crippen molar-refractivity contribution in [1.29, 1.82) is 0 Å². The maximum Gasteiger partial charge on any atom is 0.267 e. The summed E-state index contributed by atoms with van der Waals surface area (Å²) in [4.78, 5) is 12.1. The largest absolute Gasteiger partial charge is 0.268 e. The first-order valence-electron chi connectivity index (χ1n) is 8.50. The number of aryl methyl sites for hydroxylation is 1. The molecule has 1 unspecified atom stereocenters. The summed E-state index contributed by atoms with van der Waals surface area (Å²) in [7, 11) is -3.44. The quantitative estimate of drug-likeness (QED) is 0.904. The summed E-state index contributed by atoms with van der Waals surface area (Å²) in [5.74, 6) is 0.393. The zero-order chi connectivity index (χ0) is 18.0. The minimum absolute atomic E-state index is 0.218. The van der Waals surface area contributed by atoms with Gasteiger partial charge in [-0.1, -0.05) is 19.1 Å². The first-order chi connectivity index (χ1) is 11.9. The van der Waals surface area contributed by atoms with Gasteiger partial charge in [-0.25, -0.2) is 13.5 Å².